The topological polar surface area (TPSA) is 79.9 Å². The van der Waals surface area contributed by atoms with Gasteiger partial charge in [-0.25, -0.2) is 4.79 Å². The molecule has 3 amide bonds. The van der Waals surface area contributed by atoms with E-state index in [0.717, 1.165) is 12.0 Å². The number of fused-ring (bicyclic) bond motifs is 1. The van der Waals surface area contributed by atoms with Crippen molar-refractivity contribution in [3.8, 4) is 11.5 Å². The van der Waals surface area contributed by atoms with Gasteiger partial charge in [-0.15, -0.1) is 0 Å². The van der Waals surface area contributed by atoms with Crippen LogP contribution in [-0.4, -0.2) is 42.6 Å². The van der Waals surface area contributed by atoms with E-state index in [2.05, 4.69) is 10.6 Å². The molecule has 2 aromatic rings. The lowest BCUT2D eigenvalue weighted by atomic mass is 10.2. The fourth-order valence-corrected chi connectivity index (χ4v) is 3.46. The summed E-state index contributed by atoms with van der Waals surface area (Å²) in [7, 11) is 0. The Morgan fingerprint density at radius 2 is 1.68 bits per heavy atom. The second-order valence-corrected chi connectivity index (χ2v) is 7.00. The standard InChI is InChI=1S/C21H23N3O4/c1-14-4-6-15(7-5-14)23-21(26)24-10-2-3-17(24)20(25)22-16-8-9-18-19(13-16)28-12-11-27-18/h4-9,13,17H,2-3,10-12H2,1H3,(H,22,25)(H,23,26)/t17-/m0/s1. The minimum Gasteiger partial charge on any atom is -0.486 e. The highest BCUT2D eigenvalue weighted by molar-refractivity contribution is 5.99. The molecule has 1 saturated heterocycles. The number of anilines is 2. The van der Waals surface area contributed by atoms with Crippen molar-refractivity contribution in [1.82, 2.24) is 4.90 Å². The summed E-state index contributed by atoms with van der Waals surface area (Å²) in [5.74, 6) is 1.09. The summed E-state index contributed by atoms with van der Waals surface area (Å²) in [6.45, 7) is 3.55. The van der Waals surface area contributed by atoms with Crippen LogP contribution in [0.1, 0.15) is 18.4 Å². The molecule has 0 saturated carbocycles. The maximum Gasteiger partial charge on any atom is 0.322 e. The Kier molecular flexibility index (Phi) is 5.06. The Morgan fingerprint density at radius 1 is 0.964 bits per heavy atom. The molecule has 0 aliphatic carbocycles. The predicted octanol–water partition coefficient (Wildman–Crippen LogP) is 3.40. The summed E-state index contributed by atoms with van der Waals surface area (Å²) in [6, 6.07) is 12.1. The number of hydrogen-bond donors (Lipinski definition) is 2. The lowest BCUT2D eigenvalue weighted by molar-refractivity contribution is -0.119. The molecule has 0 aromatic heterocycles. The minimum absolute atomic E-state index is 0.201. The Labute approximate surface area is 163 Å². The van der Waals surface area contributed by atoms with Crippen molar-refractivity contribution in [2.45, 2.75) is 25.8 Å². The van der Waals surface area contributed by atoms with E-state index in [9.17, 15) is 9.59 Å². The van der Waals surface area contributed by atoms with Gasteiger partial charge in [0.2, 0.25) is 5.91 Å². The van der Waals surface area contributed by atoms with Crippen molar-refractivity contribution >= 4 is 23.3 Å². The van der Waals surface area contributed by atoms with Gasteiger partial charge in [-0.05, 0) is 44.0 Å². The number of benzene rings is 2. The average Bonchev–Trinajstić information content (AvgIpc) is 3.20. The maximum atomic E-state index is 12.8. The number of rotatable bonds is 3. The van der Waals surface area contributed by atoms with Crippen LogP contribution in [0.25, 0.3) is 0 Å². The predicted molar refractivity (Wildman–Crippen MR) is 106 cm³/mol. The van der Waals surface area contributed by atoms with Crippen molar-refractivity contribution in [3.05, 3.63) is 48.0 Å². The van der Waals surface area contributed by atoms with Crippen molar-refractivity contribution in [3.63, 3.8) is 0 Å². The van der Waals surface area contributed by atoms with Crippen LogP contribution in [0.3, 0.4) is 0 Å². The molecule has 2 N–H and O–H groups in total. The molecule has 4 rings (SSSR count). The van der Waals surface area contributed by atoms with Gasteiger partial charge in [-0.2, -0.15) is 0 Å². The first kappa shape index (κ1) is 18.2. The molecule has 28 heavy (non-hydrogen) atoms. The number of hydrogen-bond acceptors (Lipinski definition) is 4. The molecule has 0 spiro atoms. The van der Waals surface area contributed by atoms with Gasteiger partial charge in [0, 0.05) is 24.0 Å². The van der Waals surface area contributed by atoms with Gasteiger partial charge < -0.3 is 25.0 Å². The van der Waals surface area contributed by atoms with Crippen LogP contribution in [0.4, 0.5) is 16.2 Å². The average molecular weight is 381 g/mol. The van der Waals surface area contributed by atoms with Crippen molar-refractivity contribution in [2.75, 3.05) is 30.4 Å². The number of likely N-dealkylation sites (tertiary alicyclic amines) is 1. The van der Waals surface area contributed by atoms with Crippen LogP contribution < -0.4 is 20.1 Å². The third-order valence-electron chi connectivity index (χ3n) is 4.93. The highest BCUT2D eigenvalue weighted by atomic mass is 16.6. The van der Waals surface area contributed by atoms with Gasteiger partial charge in [0.15, 0.2) is 11.5 Å². The fourth-order valence-electron chi connectivity index (χ4n) is 3.46. The number of carbonyl (C=O) groups excluding carboxylic acids is 2. The molecule has 2 aliphatic heterocycles. The van der Waals surface area contributed by atoms with E-state index in [4.69, 9.17) is 9.47 Å². The molecule has 2 aliphatic rings. The summed E-state index contributed by atoms with van der Waals surface area (Å²) in [5, 5.41) is 5.77. The fraction of sp³-hybridized carbons (Fsp3) is 0.333. The van der Waals surface area contributed by atoms with Crippen LogP contribution in [0.2, 0.25) is 0 Å². The summed E-state index contributed by atoms with van der Waals surface area (Å²) in [4.78, 5) is 27.0. The van der Waals surface area contributed by atoms with E-state index in [1.54, 1.807) is 23.1 Å². The molecular weight excluding hydrogens is 358 g/mol. The van der Waals surface area contributed by atoms with Crippen LogP contribution in [0, 0.1) is 6.92 Å². The summed E-state index contributed by atoms with van der Waals surface area (Å²) in [5.41, 5.74) is 2.46. The van der Waals surface area contributed by atoms with Crippen molar-refractivity contribution < 1.29 is 19.1 Å². The van der Waals surface area contributed by atoms with Gasteiger partial charge in [-0.3, -0.25) is 4.79 Å². The number of amides is 3. The first-order chi connectivity index (χ1) is 13.6. The zero-order valence-electron chi connectivity index (χ0n) is 15.7. The van der Waals surface area contributed by atoms with Crippen LogP contribution in [0.5, 0.6) is 11.5 Å². The smallest absolute Gasteiger partial charge is 0.322 e. The third-order valence-corrected chi connectivity index (χ3v) is 4.93. The Balaban J connectivity index is 1.41. The lowest BCUT2D eigenvalue weighted by Gasteiger charge is -2.25. The Morgan fingerprint density at radius 3 is 2.46 bits per heavy atom. The normalized spacial score (nSPS) is 17.9. The van der Waals surface area contributed by atoms with E-state index in [1.807, 2.05) is 31.2 Å². The second-order valence-electron chi connectivity index (χ2n) is 7.00. The number of aryl methyl sites for hydroxylation is 1. The summed E-state index contributed by atoms with van der Waals surface area (Å²) in [6.07, 6.45) is 1.43. The second kappa shape index (κ2) is 7.80. The molecule has 7 nitrogen and oxygen atoms in total. The first-order valence-electron chi connectivity index (χ1n) is 9.45. The number of ether oxygens (including phenoxy) is 2. The molecule has 2 heterocycles. The number of nitrogens with zero attached hydrogens (tertiary/aromatic N) is 1. The van der Waals surface area contributed by atoms with Gasteiger partial charge in [0.25, 0.3) is 0 Å². The molecule has 1 atom stereocenters. The summed E-state index contributed by atoms with van der Waals surface area (Å²) >= 11 is 0. The Bertz CT molecular complexity index is 882. The van der Waals surface area contributed by atoms with Crippen LogP contribution in [-0.2, 0) is 4.79 Å². The SMILES string of the molecule is Cc1ccc(NC(=O)N2CCC[C@H]2C(=O)Nc2ccc3c(c2)OCCO3)cc1. The van der Waals surface area contributed by atoms with Crippen LogP contribution >= 0.6 is 0 Å². The zero-order valence-corrected chi connectivity index (χ0v) is 15.7. The minimum atomic E-state index is -0.501. The number of urea groups is 1. The molecule has 146 valence electrons. The van der Waals surface area contributed by atoms with Gasteiger partial charge in [0.1, 0.15) is 19.3 Å². The van der Waals surface area contributed by atoms with Gasteiger partial charge in [0.05, 0.1) is 0 Å². The first-order valence-corrected chi connectivity index (χ1v) is 9.45. The zero-order chi connectivity index (χ0) is 19.5. The highest BCUT2D eigenvalue weighted by Crippen LogP contribution is 2.33. The van der Waals surface area contributed by atoms with Crippen LogP contribution in [0.15, 0.2) is 42.5 Å². The quantitative estimate of drug-likeness (QED) is 0.854. The highest BCUT2D eigenvalue weighted by Gasteiger charge is 2.34. The monoisotopic (exact) mass is 381 g/mol. The molecule has 2 aromatic carbocycles. The van der Waals surface area contributed by atoms with Gasteiger partial charge >= 0.3 is 6.03 Å². The van der Waals surface area contributed by atoms with E-state index < -0.39 is 6.04 Å². The largest absolute Gasteiger partial charge is 0.486 e. The van der Waals surface area contributed by atoms with Crippen molar-refractivity contribution in [2.24, 2.45) is 0 Å². The van der Waals surface area contributed by atoms with Gasteiger partial charge in [-0.1, -0.05) is 17.7 Å². The number of nitrogens with one attached hydrogen (secondary N) is 2. The number of carbonyl (C=O) groups is 2. The molecule has 1 fully saturated rings. The molecule has 0 bridgehead atoms. The third kappa shape index (κ3) is 3.88. The lowest BCUT2D eigenvalue weighted by Crippen LogP contribution is -2.45. The van der Waals surface area contributed by atoms with E-state index in [1.165, 1.54) is 0 Å². The Hall–Kier alpha value is -3.22. The molecular formula is C21H23N3O4. The summed E-state index contributed by atoms with van der Waals surface area (Å²) < 4.78 is 11.1. The van der Waals surface area contributed by atoms with Crippen molar-refractivity contribution in [1.29, 1.82) is 0 Å². The maximum absolute atomic E-state index is 12.8. The molecule has 7 heteroatoms. The van der Waals surface area contributed by atoms with E-state index in [0.29, 0.717) is 49.1 Å². The molecule has 0 radical (unpaired) electrons. The van der Waals surface area contributed by atoms with E-state index >= 15 is 0 Å². The molecule has 0 unspecified atom stereocenters. The van der Waals surface area contributed by atoms with E-state index in [-0.39, 0.29) is 11.9 Å².